The monoisotopic (exact) mass is 264 g/mol. The summed E-state index contributed by atoms with van der Waals surface area (Å²) in [7, 11) is 0. The summed E-state index contributed by atoms with van der Waals surface area (Å²) in [5.41, 5.74) is 3.71. The molecular weight excluding hydrogens is 240 g/mol. The van der Waals surface area contributed by atoms with E-state index in [-0.39, 0.29) is 5.92 Å². The van der Waals surface area contributed by atoms with E-state index in [0.717, 1.165) is 0 Å². The molecule has 1 rings (SSSR count). The van der Waals surface area contributed by atoms with Gasteiger partial charge >= 0.3 is 0 Å². The predicted octanol–water partition coefficient (Wildman–Crippen LogP) is -2.90. The van der Waals surface area contributed by atoms with Crippen LogP contribution in [0.1, 0.15) is 19.8 Å². The van der Waals surface area contributed by atoms with Crippen LogP contribution in [-0.2, 0) is 0 Å². The summed E-state index contributed by atoms with van der Waals surface area (Å²) in [5.74, 6) is -0.371. The summed E-state index contributed by atoms with van der Waals surface area (Å²) in [6.45, 7) is 2.62. The Morgan fingerprint density at radius 2 is 1.61 bits per heavy atom. The standard InChI is InChI=1S/C11H24N2O5/c1-6(14)8(15)9(16)10(17)11(12,18)7-2-4-13-5-3-7/h6-10,13-18H,2-5,12H2,1H3. The van der Waals surface area contributed by atoms with Gasteiger partial charge in [0.1, 0.15) is 24.0 Å². The molecule has 0 aromatic rings. The van der Waals surface area contributed by atoms with E-state index < -0.39 is 30.1 Å². The van der Waals surface area contributed by atoms with Gasteiger partial charge in [0.2, 0.25) is 0 Å². The summed E-state index contributed by atoms with van der Waals surface area (Å²) >= 11 is 0. The zero-order valence-corrected chi connectivity index (χ0v) is 10.5. The van der Waals surface area contributed by atoms with Crippen LogP contribution in [0.15, 0.2) is 0 Å². The molecule has 5 atom stereocenters. The van der Waals surface area contributed by atoms with Gasteiger partial charge in [0.15, 0.2) is 0 Å². The highest BCUT2D eigenvalue weighted by atomic mass is 16.4. The molecule has 1 aliphatic heterocycles. The van der Waals surface area contributed by atoms with Crippen LogP contribution in [0.2, 0.25) is 0 Å². The average Bonchev–Trinajstić information content (AvgIpc) is 2.36. The van der Waals surface area contributed by atoms with Gasteiger partial charge in [-0.25, -0.2) is 0 Å². The van der Waals surface area contributed by atoms with Crippen molar-refractivity contribution >= 4 is 0 Å². The lowest BCUT2D eigenvalue weighted by molar-refractivity contribution is -0.187. The molecule has 0 aromatic carbocycles. The van der Waals surface area contributed by atoms with Crippen LogP contribution in [-0.4, -0.2) is 68.8 Å². The van der Waals surface area contributed by atoms with Gasteiger partial charge in [0.05, 0.1) is 6.10 Å². The Morgan fingerprint density at radius 1 is 1.11 bits per heavy atom. The van der Waals surface area contributed by atoms with Crippen molar-refractivity contribution in [2.75, 3.05) is 13.1 Å². The fourth-order valence-corrected chi connectivity index (χ4v) is 2.27. The minimum Gasteiger partial charge on any atom is -0.391 e. The maximum Gasteiger partial charge on any atom is 0.145 e. The number of piperidine rings is 1. The van der Waals surface area contributed by atoms with Gasteiger partial charge in [-0.3, -0.25) is 0 Å². The van der Waals surface area contributed by atoms with Crippen molar-refractivity contribution in [2.45, 2.75) is 49.9 Å². The minimum absolute atomic E-state index is 0.371. The molecule has 0 aliphatic carbocycles. The van der Waals surface area contributed by atoms with Crippen LogP contribution in [0, 0.1) is 5.92 Å². The first-order chi connectivity index (χ1) is 8.28. The summed E-state index contributed by atoms with van der Waals surface area (Å²) in [4.78, 5) is 0. The molecule has 0 spiro atoms. The summed E-state index contributed by atoms with van der Waals surface area (Å²) < 4.78 is 0. The molecule has 1 heterocycles. The number of hydrogen-bond donors (Lipinski definition) is 7. The molecule has 1 saturated heterocycles. The normalized spacial score (nSPS) is 28.2. The minimum atomic E-state index is -1.99. The van der Waals surface area contributed by atoms with E-state index in [1.54, 1.807) is 0 Å². The van der Waals surface area contributed by atoms with Crippen molar-refractivity contribution in [3.8, 4) is 0 Å². The predicted molar refractivity (Wildman–Crippen MR) is 64.4 cm³/mol. The first-order valence-corrected chi connectivity index (χ1v) is 6.22. The van der Waals surface area contributed by atoms with Gasteiger partial charge < -0.3 is 36.6 Å². The lowest BCUT2D eigenvalue weighted by Crippen LogP contribution is -2.64. The highest BCUT2D eigenvalue weighted by molar-refractivity contribution is 4.95. The maximum absolute atomic E-state index is 10.2. The lowest BCUT2D eigenvalue weighted by atomic mass is 9.81. The molecule has 0 amide bonds. The highest BCUT2D eigenvalue weighted by Crippen LogP contribution is 2.27. The van der Waals surface area contributed by atoms with Crippen molar-refractivity contribution in [3.05, 3.63) is 0 Å². The van der Waals surface area contributed by atoms with Crippen LogP contribution < -0.4 is 11.1 Å². The van der Waals surface area contributed by atoms with Gasteiger partial charge in [0, 0.05) is 5.92 Å². The molecule has 1 fully saturated rings. The summed E-state index contributed by atoms with van der Waals surface area (Å²) in [6, 6.07) is 0. The third kappa shape index (κ3) is 3.39. The fourth-order valence-electron chi connectivity index (χ4n) is 2.27. The van der Waals surface area contributed by atoms with E-state index in [4.69, 9.17) is 10.8 Å². The number of aliphatic hydroxyl groups excluding tert-OH is 4. The Bertz CT molecular complexity index is 256. The molecular formula is C11H24N2O5. The van der Waals surface area contributed by atoms with Gasteiger partial charge in [-0.15, -0.1) is 0 Å². The molecule has 7 nitrogen and oxygen atoms in total. The van der Waals surface area contributed by atoms with E-state index >= 15 is 0 Å². The van der Waals surface area contributed by atoms with E-state index in [2.05, 4.69) is 5.32 Å². The van der Waals surface area contributed by atoms with Crippen molar-refractivity contribution in [1.29, 1.82) is 0 Å². The quantitative estimate of drug-likeness (QED) is 0.264. The number of nitrogens with two attached hydrogens (primary N) is 1. The molecule has 0 saturated carbocycles. The third-order valence-electron chi connectivity index (χ3n) is 3.63. The van der Waals surface area contributed by atoms with Gasteiger partial charge in [-0.2, -0.15) is 0 Å². The van der Waals surface area contributed by atoms with E-state index in [1.165, 1.54) is 6.92 Å². The molecule has 0 radical (unpaired) electrons. The van der Waals surface area contributed by atoms with Crippen LogP contribution in [0.5, 0.6) is 0 Å². The van der Waals surface area contributed by atoms with Gasteiger partial charge in [-0.1, -0.05) is 0 Å². The number of aliphatic hydroxyl groups is 5. The number of hydrogen-bond acceptors (Lipinski definition) is 7. The second kappa shape index (κ2) is 6.25. The van der Waals surface area contributed by atoms with Crippen LogP contribution in [0.4, 0.5) is 0 Å². The second-order valence-electron chi connectivity index (χ2n) is 5.08. The maximum atomic E-state index is 10.2. The molecule has 0 bridgehead atoms. The van der Waals surface area contributed by atoms with E-state index in [1.807, 2.05) is 0 Å². The van der Waals surface area contributed by atoms with Crippen molar-refractivity contribution < 1.29 is 25.5 Å². The molecule has 18 heavy (non-hydrogen) atoms. The molecule has 5 unspecified atom stereocenters. The first kappa shape index (κ1) is 15.8. The zero-order valence-electron chi connectivity index (χ0n) is 10.5. The molecule has 7 heteroatoms. The van der Waals surface area contributed by atoms with Gasteiger partial charge in [-0.05, 0) is 32.9 Å². The number of rotatable bonds is 5. The molecule has 8 N–H and O–H groups in total. The second-order valence-corrected chi connectivity index (χ2v) is 5.08. The van der Waals surface area contributed by atoms with E-state index in [9.17, 15) is 20.4 Å². The van der Waals surface area contributed by atoms with Crippen LogP contribution in [0.3, 0.4) is 0 Å². The summed E-state index contributed by atoms with van der Waals surface area (Å²) in [5, 5.41) is 51.5. The number of nitrogens with one attached hydrogen (secondary N) is 1. The first-order valence-electron chi connectivity index (χ1n) is 6.22. The smallest absolute Gasteiger partial charge is 0.145 e. The Labute approximate surface area is 106 Å². The van der Waals surface area contributed by atoms with Crippen LogP contribution >= 0.6 is 0 Å². The SMILES string of the molecule is CC(O)C(O)C(O)C(O)C(N)(O)C1CCNCC1. The van der Waals surface area contributed by atoms with Gasteiger partial charge in [0.25, 0.3) is 0 Å². The Kier molecular flexibility index (Phi) is 5.47. The molecule has 108 valence electrons. The zero-order chi connectivity index (χ0) is 13.9. The fraction of sp³-hybridized carbons (Fsp3) is 1.00. The highest BCUT2D eigenvalue weighted by Gasteiger charge is 2.45. The summed E-state index contributed by atoms with van der Waals surface area (Å²) in [6.07, 6.45) is -5.06. The van der Waals surface area contributed by atoms with Crippen LogP contribution in [0.25, 0.3) is 0 Å². The van der Waals surface area contributed by atoms with Crippen molar-refractivity contribution in [2.24, 2.45) is 11.7 Å². The average molecular weight is 264 g/mol. The third-order valence-corrected chi connectivity index (χ3v) is 3.63. The topological polar surface area (TPSA) is 139 Å². The Morgan fingerprint density at radius 3 is 2.06 bits per heavy atom. The van der Waals surface area contributed by atoms with E-state index in [0.29, 0.717) is 25.9 Å². The molecule has 1 aliphatic rings. The Hall–Kier alpha value is -0.280. The largest absolute Gasteiger partial charge is 0.391 e. The Balaban J connectivity index is 2.70. The lowest BCUT2D eigenvalue weighted by Gasteiger charge is -2.41. The molecule has 0 aromatic heterocycles. The van der Waals surface area contributed by atoms with Crippen molar-refractivity contribution in [1.82, 2.24) is 5.32 Å². The van der Waals surface area contributed by atoms with Crippen molar-refractivity contribution in [3.63, 3.8) is 0 Å².